The van der Waals surface area contributed by atoms with E-state index in [2.05, 4.69) is 9.98 Å². The lowest BCUT2D eigenvalue weighted by Gasteiger charge is -2.18. The highest BCUT2D eigenvalue weighted by atomic mass is 32.1. The van der Waals surface area contributed by atoms with Crippen molar-refractivity contribution in [2.75, 3.05) is 0 Å². The number of aromatic nitrogens is 1. The van der Waals surface area contributed by atoms with Crippen LogP contribution in [-0.2, 0) is 11.2 Å². The Morgan fingerprint density at radius 3 is 3.00 bits per heavy atom. The summed E-state index contributed by atoms with van der Waals surface area (Å²) in [4.78, 5) is 20.1. The van der Waals surface area contributed by atoms with Crippen LogP contribution < -0.4 is 11.5 Å². The number of nitrogens with zero attached hydrogens (tertiary/aromatic N) is 2. The van der Waals surface area contributed by atoms with Crippen LogP contribution in [0.5, 0.6) is 0 Å². The molecule has 0 radical (unpaired) electrons. The topological polar surface area (TPSA) is 115 Å². The van der Waals surface area contributed by atoms with E-state index in [-0.39, 0.29) is 18.3 Å². The highest BCUT2D eigenvalue weighted by Gasteiger charge is 2.26. The molecule has 0 amide bonds. The van der Waals surface area contributed by atoms with Crippen molar-refractivity contribution < 1.29 is 9.90 Å². The fourth-order valence-electron chi connectivity index (χ4n) is 2.06. The lowest BCUT2D eigenvalue weighted by Crippen LogP contribution is -2.21. The number of nitrogens with two attached hydrogens (primary N) is 2. The van der Waals surface area contributed by atoms with Crippen molar-refractivity contribution in [3.05, 3.63) is 10.6 Å². The van der Waals surface area contributed by atoms with E-state index in [4.69, 9.17) is 16.6 Å². The summed E-state index contributed by atoms with van der Waals surface area (Å²) < 4.78 is 0. The van der Waals surface area contributed by atoms with Gasteiger partial charge in [-0.05, 0) is 19.3 Å². The first-order chi connectivity index (χ1) is 8.06. The summed E-state index contributed by atoms with van der Waals surface area (Å²) >= 11 is 1.44. The molecule has 7 heteroatoms. The molecular weight excluding hydrogens is 240 g/mol. The van der Waals surface area contributed by atoms with Gasteiger partial charge in [0.25, 0.3) is 0 Å². The van der Waals surface area contributed by atoms with Gasteiger partial charge in [0.15, 0.2) is 5.96 Å². The number of fused-ring (bicyclic) bond motifs is 1. The molecule has 1 aromatic heterocycles. The summed E-state index contributed by atoms with van der Waals surface area (Å²) in [6, 6.07) is 0. The molecule has 6 nitrogen and oxygen atoms in total. The Kier molecular flexibility index (Phi) is 3.28. The molecule has 92 valence electrons. The van der Waals surface area contributed by atoms with E-state index in [1.807, 2.05) is 0 Å². The number of guanidine groups is 1. The van der Waals surface area contributed by atoms with Crippen LogP contribution in [0.15, 0.2) is 4.99 Å². The van der Waals surface area contributed by atoms with Gasteiger partial charge in [-0.3, -0.25) is 4.79 Å². The van der Waals surface area contributed by atoms with Crippen LogP contribution in [0.3, 0.4) is 0 Å². The van der Waals surface area contributed by atoms with Crippen LogP contribution in [-0.4, -0.2) is 22.0 Å². The van der Waals surface area contributed by atoms with E-state index in [0.29, 0.717) is 5.13 Å². The van der Waals surface area contributed by atoms with E-state index < -0.39 is 5.97 Å². The SMILES string of the molecule is NC(N)=Nc1nc2c(s1)CCCC2CC(=O)O. The van der Waals surface area contributed by atoms with Crippen LogP contribution in [0.25, 0.3) is 0 Å². The molecule has 5 N–H and O–H groups in total. The zero-order valence-electron chi connectivity index (χ0n) is 9.22. The summed E-state index contributed by atoms with van der Waals surface area (Å²) in [5.74, 6) is -0.819. The average molecular weight is 254 g/mol. The zero-order chi connectivity index (χ0) is 12.4. The van der Waals surface area contributed by atoms with Crippen LogP contribution >= 0.6 is 11.3 Å². The smallest absolute Gasteiger partial charge is 0.304 e. The Morgan fingerprint density at radius 1 is 1.59 bits per heavy atom. The molecule has 1 aliphatic rings. The lowest BCUT2D eigenvalue weighted by molar-refractivity contribution is -0.137. The number of aliphatic imine (C=N–C) groups is 1. The molecule has 1 unspecified atom stereocenters. The number of carboxylic acids is 1. The number of aryl methyl sites for hydroxylation is 1. The molecular formula is C10H14N4O2S. The number of thiazole rings is 1. The Labute approximate surface area is 102 Å². The second kappa shape index (κ2) is 4.70. The Bertz CT molecular complexity index is 465. The van der Waals surface area contributed by atoms with Gasteiger partial charge in [0, 0.05) is 10.8 Å². The first-order valence-electron chi connectivity index (χ1n) is 5.37. The first-order valence-corrected chi connectivity index (χ1v) is 6.19. The molecule has 0 spiro atoms. The Morgan fingerprint density at radius 2 is 2.35 bits per heavy atom. The molecule has 17 heavy (non-hydrogen) atoms. The van der Waals surface area contributed by atoms with Crippen LogP contribution in [0.1, 0.15) is 35.8 Å². The minimum atomic E-state index is -0.792. The standard InChI is InChI=1S/C10H14N4O2S/c11-9(12)14-10-13-8-5(4-7(15)16)2-1-3-6(8)17-10/h5H,1-4H2,(H,15,16)(H4,11,12,13,14). The van der Waals surface area contributed by atoms with E-state index in [0.717, 1.165) is 29.8 Å². The largest absolute Gasteiger partial charge is 0.481 e. The third-order valence-corrected chi connectivity index (χ3v) is 3.73. The fraction of sp³-hybridized carbons (Fsp3) is 0.500. The van der Waals surface area contributed by atoms with Crippen molar-refractivity contribution in [3.63, 3.8) is 0 Å². The van der Waals surface area contributed by atoms with E-state index >= 15 is 0 Å². The summed E-state index contributed by atoms with van der Waals surface area (Å²) in [7, 11) is 0. The fourth-order valence-corrected chi connectivity index (χ4v) is 3.14. The van der Waals surface area contributed by atoms with Crippen LogP contribution in [0.2, 0.25) is 0 Å². The molecule has 1 aliphatic carbocycles. The Hall–Kier alpha value is -1.63. The van der Waals surface area contributed by atoms with Gasteiger partial charge in [-0.2, -0.15) is 4.99 Å². The van der Waals surface area contributed by atoms with Crippen molar-refractivity contribution in [2.45, 2.75) is 31.6 Å². The molecule has 1 aromatic rings. The minimum absolute atomic E-state index is 0.00421. The van der Waals surface area contributed by atoms with Crippen molar-refractivity contribution in [2.24, 2.45) is 16.5 Å². The second-order valence-corrected chi connectivity index (χ2v) is 5.09. The maximum atomic E-state index is 10.8. The van der Waals surface area contributed by atoms with Crippen molar-refractivity contribution in [1.29, 1.82) is 0 Å². The maximum Gasteiger partial charge on any atom is 0.304 e. The highest BCUT2D eigenvalue weighted by Crippen LogP contribution is 2.39. The molecule has 0 saturated carbocycles. The number of hydrogen-bond donors (Lipinski definition) is 3. The minimum Gasteiger partial charge on any atom is -0.481 e. The van der Waals surface area contributed by atoms with Gasteiger partial charge in [-0.1, -0.05) is 11.3 Å². The van der Waals surface area contributed by atoms with Crippen LogP contribution in [0.4, 0.5) is 5.13 Å². The predicted octanol–water partition coefficient (Wildman–Crippen LogP) is 0.943. The predicted molar refractivity (Wildman–Crippen MR) is 65.5 cm³/mol. The molecule has 1 heterocycles. The normalized spacial score (nSPS) is 18.5. The summed E-state index contributed by atoms with van der Waals surface area (Å²) in [6.45, 7) is 0. The van der Waals surface area contributed by atoms with Gasteiger partial charge in [0.1, 0.15) is 0 Å². The van der Waals surface area contributed by atoms with Gasteiger partial charge < -0.3 is 16.6 Å². The zero-order valence-corrected chi connectivity index (χ0v) is 10.0. The Balaban J connectivity index is 2.28. The molecule has 0 saturated heterocycles. The number of carbonyl (C=O) groups is 1. The third-order valence-electron chi connectivity index (χ3n) is 2.71. The summed E-state index contributed by atoms with van der Waals surface area (Å²) in [5, 5.41) is 9.37. The second-order valence-electron chi connectivity index (χ2n) is 4.03. The summed E-state index contributed by atoms with van der Waals surface area (Å²) in [6.07, 6.45) is 2.92. The van der Waals surface area contributed by atoms with Crippen molar-refractivity contribution >= 4 is 28.4 Å². The molecule has 1 atom stereocenters. The van der Waals surface area contributed by atoms with Gasteiger partial charge in [-0.25, -0.2) is 4.98 Å². The average Bonchev–Trinajstić information content (AvgIpc) is 2.59. The number of rotatable bonds is 3. The van der Waals surface area contributed by atoms with Gasteiger partial charge in [0.2, 0.25) is 5.13 Å². The number of aliphatic carboxylic acids is 1. The molecule has 0 bridgehead atoms. The monoisotopic (exact) mass is 254 g/mol. The van der Waals surface area contributed by atoms with Crippen molar-refractivity contribution in [1.82, 2.24) is 4.98 Å². The molecule has 0 fully saturated rings. The molecule has 0 aromatic carbocycles. The van der Waals surface area contributed by atoms with Gasteiger partial charge >= 0.3 is 5.97 Å². The van der Waals surface area contributed by atoms with Crippen molar-refractivity contribution in [3.8, 4) is 0 Å². The van der Waals surface area contributed by atoms with Crippen LogP contribution in [0, 0.1) is 0 Å². The van der Waals surface area contributed by atoms with E-state index in [1.165, 1.54) is 11.3 Å². The van der Waals surface area contributed by atoms with E-state index in [9.17, 15) is 4.79 Å². The number of carboxylic acid groups (broad SMARTS) is 1. The third kappa shape index (κ3) is 2.73. The highest BCUT2D eigenvalue weighted by molar-refractivity contribution is 7.15. The first kappa shape index (κ1) is 11.8. The molecule has 0 aliphatic heterocycles. The summed E-state index contributed by atoms with van der Waals surface area (Å²) in [5.41, 5.74) is 11.5. The molecule has 2 rings (SSSR count). The number of hydrogen-bond acceptors (Lipinski definition) is 4. The van der Waals surface area contributed by atoms with E-state index in [1.54, 1.807) is 0 Å². The van der Waals surface area contributed by atoms with Gasteiger partial charge in [0.05, 0.1) is 12.1 Å². The van der Waals surface area contributed by atoms with Gasteiger partial charge in [-0.15, -0.1) is 0 Å². The lowest BCUT2D eigenvalue weighted by atomic mass is 9.89. The quantitative estimate of drug-likeness (QED) is 0.548. The maximum absolute atomic E-state index is 10.8.